The number of hydrogen-bond donors (Lipinski definition) is 1. The van der Waals surface area contributed by atoms with E-state index in [-0.39, 0.29) is 22.2 Å². The highest BCUT2D eigenvalue weighted by Gasteiger charge is 2.48. The Labute approximate surface area is 185 Å². The topological polar surface area (TPSA) is 136 Å². The van der Waals surface area contributed by atoms with Crippen LogP contribution in [0.2, 0.25) is 0 Å². The summed E-state index contributed by atoms with van der Waals surface area (Å²) in [5, 5.41) is 30.7. The maximum Gasteiger partial charge on any atom is 0.301 e. The number of benzene rings is 2. The zero-order valence-electron chi connectivity index (χ0n) is 16.9. The molecule has 0 aliphatic carbocycles. The highest BCUT2D eigenvalue weighted by Crippen LogP contribution is 2.43. The lowest BCUT2D eigenvalue weighted by molar-refractivity contribution is -0.384. The van der Waals surface area contributed by atoms with Crippen molar-refractivity contribution in [1.82, 2.24) is 10.2 Å². The number of Topliss-reactive ketones (excluding diaryl/α,β-unsaturated/α-hetero) is 1. The third-order valence-corrected chi connectivity index (χ3v) is 5.79. The zero-order valence-corrected chi connectivity index (χ0v) is 17.7. The minimum absolute atomic E-state index is 0.146. The lowest BCUT2D eigenvalue weighted by atomic mass is 9.95. The highest BCUT2D eigenvalue weighted by molar-refractivity contribution is 7.15. The van der Waals surface area contributed by atoms with Crippen LogP contribution >= 0.6 is 11.3 Å². The van der Waals surface area contributed by atoms with Gasteiger partial charge in [-0.05, 0) is 48.9 Å². The molecule has 1 N–H and O–H groups in total. The Morgan fingerprint density at radius 3 is 2.31 bits per heavy atom. The molecule has 0 radical (unpaired) electrons. The van der Waals surface area contributed by atoms with E-state index in [0.29, 0.717) is 21.9 Å². The Kier molecular flexibility index (Phi) is 5.41. The number of nitro benzene ring substituents is 1. The summed E-state index contributed by atoms with van der Waals surface area (Å²) in [5.74, 6) is -1.59. The van der Waals surface area contributed by atoms with E-state index in [1.807, 2.05) is 0 Å². The van der Waals surface area contributed by atoms with Gasteiger partial charge < -0.3 is 9.84 Å². The molecule has 1 atom stereocenters. The number of non-ortho nitro benzene ring substituents is 1. The van der Waals surface area contributed by atoms with Crippen LogP contribution in [-0.2, 0) is 9.59 Å². The first-order chi connectivity index (χ1) is 15.3. The number of nitro groups is 1. The molecule has 32 heavy (non-hydrogen) atoms. The van der Waals surface area contributed by atoms with E-state index in [9.17, 15) is 24.8 Å². The third-order valence-electron chi connectivity index (χ3n) is 4.95. The normalized spacial score (nSPS) is 17.6. The summed E-state index contributed by atoms with van der Waals surface area (Å²) < 4.78 is 5.11. The number of amides is 1. The van der Waals surface area contributed by atoms with Crippen LogP contribution in [-0.4, -0.2) is 39.0 Å². The summed E-state index contributed by atoms with van der Waals surface area (Å²) in [6.45, 7) is 1.70. The molecular weight excluding hydrogens is 436 g/mol. The Bertz CT molecular complexity index is 1250. The van der Waals surface area contributed by atoms with E-state index in [4.69, 9.17) is 4.74 Å². The van der Waals surface area contributed by atoms with Crippen LogP contribution in [0.3, 0.4) is 0 Å². The van der Waals surface area contributed by atoms with Gasteiger partial charge in [-0.25, -0.2) is 0 Å². The molecule has 2 heterocycles. The number of rotatable bonds is 5. The monoisotopic (exact) mass is 452 g/mol. The summed E-state index contributed by atoms with van der Waals surface area (Å²) in [5.41, 5.74) is 0.413. The van der Waals surface area contributed by atoms with Crippen molar-refractivity contribution in [2.24, 2.45) is 0 Å². The third kappa shape index (κ3) is 3.58. The molecule has 1 fully saturated rings. The van der Waals surface area contributed by atoms with Crippen LogP contribution in [0.15, 0.2) is 54.1 Å². The summed E-state index contributed by atoms with van der Waals surface area (Å²) in [4.78, 5) is 37.6. The second kappa shape index (κ2) is 8.19. The molecular formula is C21H16N4O6S. The van der Waals surface area contributed by atoms with Crippen molar-refractivity contribution in [1.29, 1.82) is 0 Å². The second-order valence-corrected chi connectivity index (χ2v) is 8.01. The average molecular weight is 452 g/mol. The first-order valence-corrected chi connectivity index (χ1v) is 10.1. The number of nitrogens with zero attached hydrogens (tertiary/aromatic N) is 4. The average Bonchev–Trinajstić information content (AvgIpc) is 3.34. The smallest absolute Gasteiger partial charge is 0.301 e. The van der Waals surface area contributed by atoms with Gasteiger partial charge in [0.15, 0.2) is 0 Å². The van der Waals surface area contributed by atoms with E-state index in [2.05, 4.69) is 10.2 Å². The number of hydrogen-bond acceptors (Lipinski definition) is 9. The zero-order chi connectivity index (χ0) is 23.0. The number of aliphatic hydroxyl groups excluding tert-OH is 1. The van der Waals surface area contributed by atoms with E-state index >= 15 is 0 Å². The van der Waals surface area contributed by atoms with Gasteiger partial charge in [-0.1, -0.05) is 11.3 Å². The predicted octanol–water partition coefficient (Wildman–Crippen LogP) is 3.39. The van der Waals surface area contributed by atoms with Gasteiger partial charge >= 0.3 is 5.91 Å². The van der Waals surface area contributed by atoms with E-state index in [1.54, 1.807) is 31.2 Å². The fraction of sp³-hybridized carbons (Fsp3) is 0.143. The molecule has 4 rings (SSSR count). The summed E-state index contributed by atoms with van der Waals surface area (Å²) in [6, 6.07) is 10.7. The first kappa shape index (κ1) is 21.1. The lowest BCUT2D eigenvalue weighted by Gasteiger charge is -2.22. The number of ether oxygens (including phenoxy) is 1. The number of aromatic nitrogens is 2. The van der Waals surface area contributed by atoms with Crippen molar-refractivity contribution in [3.8, 4) is 5.75 Å². The van der Waals surface area contributed by atoms with Crippen molar-refractivity contribution in [2.45, 2.75) is 13.0 Å². The molecule has 0 saturated carbocycles. The summed E-state index contributed by atoms with van der Waals surface area (Å²) in [6.07, 6.45) is 0. The second-order valence-electron chi connectivity index (χ2n) is 6.85. The van der Waals surface area contributed by atoms with E-state index < -0.39 is 22.7 Å². The maximum absolute atomic E-state index is 13.0. The van der Waals surface area contributed by atoms with Gasteiger partial charge in [-0.3, -0.25) is 24.6 Å². The molecule has 0 bridgehead atoms. The van der Waals surface area contributed by atoms with Crippen molar-refractivity contribution < 1.29 is 24.4 Å². The molecule has 1 aromatic heterocycles. The van der Waals surface area contributed by atoms with Gasteiger partial charge in [-0.15, -0.1) is 10.2 Å². The van der Waals surface area contributed by atoms with Gasteiger partial charge in [0, 0.05) is 17.7 Å². The number of aliphatic hydroxyl groups is 1. The predicted molar refractivity (Wildman–Crippen MR) is 116 cm³/mol. The first-order valence-electron chi connectivity index (χ1n) is 9.31. The number of ketones is 1. The minimum atomic E-state index is -1.04. The number of carbonyl (C=O) groups is 2. The molecule has 10 nitrogen and oxygen atoms in total. The summed E-state index contributed by atoms with van der Waals surface area (Å²) >= 11 is 1.11. The van der Waals surface area contributed by atoms with Gasteiger partial charge in [0.05, 0.1) is 23.6 Å². The Morgan fingerprint density at radius 2 is 1.78 bits per heavy atom. The Morgan fingerprint density at radius 1 is 1.12 bits per heavy atom. The van der Waals surface area contributed by atoms with Crippen LogP contribution in [0.5, 0.6) is 5.75 Å². The quantitative estimate of drug-likeness (QED) is 0.205. The standard InChI is InChI=1S/C21H16N4O6S/c1-11-22-23-21(32-11)24-17(12-3-7-14(8-4-12)25(29)30)16(19(27)20(24)28)18(26)13-5-9-15(31-2)10-6-13/h3-10,17,26H,1-2H3/t17-/m0/s1. The molecule has 162 valence electrons. The maximum atomic E-state index is 13.0. The van der Waals surface area contributed by atoms with Crippen LogP contribution < -0.4 is 9.64 Å². The SMILES string of the molecule is COc1ccc(C(O)=C2C(=O)C(=O)N(c3nnc(C)s3)[C@H]2c2ccc([N+](=O)[O-])cc2)cc1. The number of carbonyl (C=O) groups excluding carboxylic acids is 2. The fourth-order valence-corrected chi connectivity index (χ4v) is 4.13. The van der Waals surface area contributed by atoms with Crippen molar-refractivity contribution in [2.75, 3.05) is 12.0 Å². The molecule has 1 saturated heterocycles. The van der Waals surface area contributed by atoms with Gasteiger partial charge in [0.2, 0.25) is 5.13 Å². The van der Waals surface area contributed by atoms with E-state index in [0.717, 1.165) is 16.2 Å². The summed E-state index contributed by atoms with van der Waals surface area (Å²) in [7, 11) is 1.50. The molecule has 1 aliphatic heterocycles. The molecule has 11 heteroatoms. The Balaban J connectivity index is 1.90. The van der Waals surface area contributed by atoms with Gasteiger partial charge in [0.25, 0.3) is 11.5 Å². The minimum Gasteiger partial charge on any atom is -0.507 e. The van der Waals surface area contributed by atoms with Crippen LogP contribution in [0, 0.1) is 17.0 Å². The van der Waals surface area contributed by atoms with Crippen LogP contribution in [0.25, 0.3) is 5.76 Å². The molecule has 0 unspecified atom stereocenters. The van der Waals surface area contributed by atoms with Crippen LogP contribution in [0.1, 0.15) is 22.2 Å². The van der Waals surface area contributed by atoms with E-state index in [1.165, 1.54) is 31.4 Å². The molecule has 2 aromatic carbocycles. The number of anilines is 1. The number of methoxy groups -OCH3 is 1. The molecule has 1 amide bonds. The molecule has 1 aliphatic rings. The van der Waals surface area contributed by atoms with Crippen molar-refractivity contribution in [3.05, 3.63) is 80.4 Å². The molecule has 3 aromatic rings. The van der Waals surface area contributed by atoms with Crippen molar-refractivity contribution >= 4 is 39.6 Å². The van der Waals surface area contributed by atoms with Gasteiger partial charge in [0.1, 0.15) is 16.5 Å². The molecule has 0 spiro atoms. The largest absolute Gasteiger partial charge is 0.507 e. The number of aryl methyl sites for hydroxylation is 1. The lowest BCUT2D eigenvalue weighted by Crippen LogP contribution is -2.29. The van der Waals surface area contributed by atoms with Crippen molar-refractivity contribution in [3.63, 3.8) is 0 Å². The highest BCUT2D eigenvalue weighted by atomic mass is 32.1. The van der Waals surface area contributed by atoms with Crippen LogP contribution in [0.4, 0.5) is 10.8 Å². The van der Waals surface area contributed by atoms with Gasteiger partial charge in [-0.2, -0.15) is 0 Å². The Hall–Kier alpha value is -4.12. The fourth-order valence-electron chi connectivity index (χ4n) is 3.41.